The number of benzene rings is 2. The Morgan fingerprint density at radius 1 is 1.29 bits per heavy atom. The van der Waals surface area contributed by atoms with E-state index >= 15 is 0 Å². The van der Waals surface area contributed by atoms with Crippen LogP contribution in [0.4, 0.5) is 24.0 Å². The predicted molar refractivity (Wildman–Crippen MR) is 115 cm³/mol. The minimum Gasteiger partial charge on any atom is -0.506 e. The van der Waals surface area contributed by atoms with Gasteiger partial charge in [-0.25, -0.2) is 4.98 Å². The lowest BCUT2D eigenvalue weighted by atomic mass is 10.2. The van der Waals surface area contributed by atoms with Crippen LogP contribution in [0.25, 0.3) is 10.2 Å². The Balaban J connectivity index is 1.55. The number of aromatic nitrogens is 1. The number of rotatable bonds is 5. The molecule has 31 heavy (non-hydrogen) atoms. The number of nitrogens with one attached hydrogen (secondary N) is 2. The molecule has 0 radical (unpaired) electrons. The van der Waals surface area contributed by atoms with E-state index in [2.05, 4.69) is 27.5 Å². The molecule has 0 saturated heterocycles. The number of halogens is 3. The summed E-state index contributed by atoms with van der Waals surface area (Å²) < 4.78 is 37.0. The number of thiazole rings is 1. The van der Waals surface area contributed by atoms with E-state index in [0.717, 1.165) is 10.4 Å². The van der Waals surface area contributed by atoms with E-state index in [1.807, 2.05) is 0 Å². The van der Waals surface area contributed by atoms with Crippen molar-refractivity contribution in [1.29, 1.82) is 0 Å². The van der Waals surface area contributed by atoms with Gasteiger partial charge in [0.2, 0.25) is 5.91 Å². The topological polar surface area (TPSA) is 100 Å². The largest absolute Gasteiger partial charge is 0.506 e. The smallest absolute Gasteiger partial charge is 0.409 e. The molecule has 0 bridgehead atoms. The summed E-state index contributed by atoms with van der Waals surface area (Å²) in [6.07, 6.45) is -4.19. The van der Waals surface area contributed by atoms with Gasteiger partial charge in [-0.15, -0.1) is 0 Å². The molecule has 6 nitrogen and oxygen atoms in total. The van der Waals surface area contributed by atoms with Gasteiger partial charge in [0.1, 0.15) is 11.3 Å². The number of fused-ring (bicyclic) bond motifs is 1. The van der Waals surface area contributed by atoms with Crippen LogP contribution < -0.4 is 16.4 Å². The SMILES string of the molecule is Nc1nc2c(O)cc(C#CCNc3cccc(CNC(=O)/C=C/C(F)(F)F)c3)cc2s1. The summed E-state index contributed by atoms with van der Waals surface area (Å²) in [5.41, 5.74) is 8.18. The Kier molecular flexibility index (Phi) is 6.67. The number of hydrogen-bond acceptors (Lipinski definition) is 6. The Morgan fingerprint density at radius 3 is 2.87 bits per heavy atom. The maximum Gasteiger partial charge on any atom is 0.409 e. The van der Waals surface area contributed by atoms with E-state index in [-0.39, 0.29) is 18.4 Å². The Hall–Kier alpha value is -3.71. The lowest BCUT2D eigenvalue weighted by molar-refractivity contribution is -0.117. The second kappa shape index (κ2) is 9.40. The second-order valence-electron chi connectivity index (χ2n) is 6.34. The van der Waals surface area contributed by atoms with Gasteiger partial charge in [0.25, 0.3) is 0 Å². The molecule has 0 aliphatic rings. The van der Waals surface area contributed by atoms with Crippen molar-refractivity contribution in [1.82, 2.24) is 10.3 Å². The average Bonchev–Trinajstić information content (AvgIpc) is 3.09. The van der Waals surface area contributed by atoms with Crippen molar-refractivity contribution in [3.05, 3.63) is 59.7 Å². The zero-order chi connectivity index (χ0) is 22.4. The van der Waals surface area contributed by atoms with Crippen molar-refractivity contribution in [3.63, 3.8) is 0 Å². The maximum atomic E-state index is 12.1. The Labute approximate surface area is 179 Å². The highest BCUT2D eigenvalue weighted by molar-refractivity contribution is 7.22. The highest BCUT2D eigenvalue weighted by atomic mass is 32.1. The highest BCUT2D eigenvalue weighted by Crippen LogP contribution is 2.31. The zero-order valence-corrected chi connectivity index (χ0v) is 16.8. The monoisotopic (exact) mass is 446 g/mol. The molecule has 3 rings (SSSR count). The lowest BCUT2D eigenvalue weighted by Gasteiger charge is -2.07. The molecule has 0 unspecified atom stereocenters. The number of phenols is 1. The van der Waals surface area contributed by atoms with Gasteiger partial charge in [-0.1, -0.05) is 35.3 Å². The summed E-state index contributed by atoms with van der Waals surface area (Å²) in [5.74, 6) is 5.08. The molecule has 5 N–H and O–H groups in total. The minimum atomic E-state index is -4.53. The fraction of sp³-hybridized carbons (Fsp3) is 0.143. The Bertz CT molecular complexity index is 1190. The molecule has 0 aliphatic carbocycles. The number of carbonyl (C=O) groups excluding carboxylic acids is 1. The van der Waals surface area contributed by atoms with Crippen molar-refractivity contribution in [2.75, 3.05) is 17.6 Å². The highest BCUT2D eigenvalue weighted by Gasteiger charge is 2.22. The molecule has 0 spiro atoms. The molecule has 2 aromatic carbocycles. The molecular weight excluding hydrogens is 429 g/mol. The van der Waals surface area contributed by atoms with Crippen LogP contribution in [0.5, 0.6) is 5.75 Å². The summed E-state index contributed by atoms with van der Waals surface area (Å²) >= 11 is 1.26. The summed E-state index contributed by atoms with van der Waals surface area (Å²) in [7, 11) is 0. The number of nitrogens with zero attached hydrogens (tertiary/aromatic N) is 1. The maximum absolute atomic E-state index is 12.1. The van der Waals surface area contributed by atoms with Crippen molar-refractivity contribution in [3.8, 4) is 17.6 Å². The van der Waals surface area contributed by atoms with Crippen LogP contribution in [0.1, 0.15) is 11.1 Å². The van der Waals surface area contributed by atoms with Gasteiger partial charge in [0.05, 0.1) is 11.2 Å². The fourth-order valence-corrected chi connectivity index (χ4v) is 3.40. The van der Waals surface area contributed by atoms with E-state index in [1.165, 1.54) is 17.4 Å². The number of phenolic OH excluding ortho intramolecular Hbond substituents is 1. The van der Waals surface area contributed by atoms with Crippen molar-refractivity contribution in [2.24, 2.45) is 0 Å². The molecule has 0 saturated carbocycles. The number of anilines is 2. The minimum absolute atomic E-state index is 0.0162. The van der Waals surface area contributed by atoms with Crippen LogP contribution in [0.15, 0.2) is 48.6 Å². The number of carbonyl (C=O) groups is 1. The number of allylic oxidation sites excluding steroid dienone is 1. The lowest BCUT2D eigenvalue weighted by Crippen LogP contribution is -2.21. The molecule has 3 aromatic rings. The van der Waals surface area contributed by atoms with Crippen LogP contribution in [-0.2, 0) is 11.3 Å². The van der Waals surface area contributed by atoms with Gasteiger partial charge in [0.15, 0.2) is 5.13 Å². The predicted octanol–water partition coefficient (Wildman–Crippen LogP) is 3.78. The third kappa shape index (κ3) is 6.65. The van der Waals surface area contributed by atoms with Gasteiger partial charge >= 0.3 is 6.18 Å². The first-order valence-corrected chi connectivity index (χ1v) is 9.76. The average molecular weight is 446 g/mol. The van der Waals surface area contributed by atoms with Crippen molar-refractivity contribution in [2.45, 2.75) is 12.7 Å². The van der Waals surface area contributed by atoms with Gasteiger partial charge in [-0.3, -0.25) is 4.79 Å². The number of nitrogen functional groups attached to an aromatic ring is 1. The van der Waals surface area contributed by atoms with Gasteiger partial charge in [-0.2, -0.15) is 13.2 Å². The number of alkyl halides is 3. The molecule has 0 aliphatic heterocycles. The van der Waals surface area contributed by atoms with E-state index in [4.69, 9.17) is 5.73 Å². The second-order valence-corrected chi connectivity index (χ2v) is 7.40. The first-order chi connectivity index (χ1) is 14.7. The van der Waals surface area contributed by atoms with Gasteiger partial charge < -0.3 is 21.5 Å². The van der Waals surface area contributed by atoms with Crippen molar-refractivity contribution >= 4 is 38.3 Å². The fourth-order valence-electron chi connectivity index (χ4n) is 2.60. The summed E-state index contributed by atoms with van der Waals surface area (Å²) in [6.45, 7) is 0.396. The summed E-state index contributed by atoms with van der Waals surface area (Å²) in [4.78, 5) is 15.5. The van der Waals surface area contributed by atoms with Crippen LogP contribution >= 0.6 is 11.3 Å². The molecule has 160 valence electrons. The third-order valence-electron chi connectivity index (χ3n) is 3.92. The number of hydrogen-bond donors (Lipinski definition) is 4. The zero-order valence-electron chi connectivity index (χ0n) is 16.0. The molecule has 1 heterocycles. The van der Waals surface area contributed by atoms with Gasteiger partial charge in [0, 0.05) is 29.9 Å². The molecule has 1 aromatic heterocycles. The number of nitrogens with two attached hydrogens (primary N) is 1. The van der Waals surface area contributed by atoms with Gasteiger partial charge in [-0.05, 0) is 29.8 Å². The van der Waals surface area contributed by atoms with Crippen LogP contribution in [0.3, 0.4) is 0 Å². The van der Waals surface area contributed by atoms with E-state index < -0.39 is 12.1 Å². The molecule has 1 amide bonds. The first kappa shape index (κ1) is 22.0. The van der Waals surface area contributed by atoms with E-state index in [9.17, 15) is 23.1 Å². The molecule has 0 fully saturated rings. The van der Waals surface area contributed by atoms with E-state index in [0.29, 0.717) is 34.4 Å². The van der Waals surface area contributed by atoms with Crippen LogP contribution in [0, 0.1) is 11.8 Å². The molecule has 10 heteroatoms. The molecular formula is C21H17F3N4O2S. The number of amides is 1. The van der Waals surface area contributed by atoms with Crippen LogP contribution in [0.2, 0.25) is 0 Å². The summed E-state index contributed by atoms with van der Waals surface area (Å²) in [6, 6.07) is 10.4. The standard InChI is InChI=1S/C21H17F3N4O2S/c22-21(23,24)7-6-18(30)27-12-14-3-1-5-15(9-14)26-8-2-4-13-10-16(29)19-17(11-13)31-20(25)28-19/h1,3,5-7,9-11,26,29H,8,12H2,(H2,25,28)(H,27,30)/b7-6+. The summed E-state index contributed by atoms with van der Waals surface area (Å²) in [5, 5.41) is 15.9. The van der Waals surface area contributed by atoms with Crippen LogP contribution in [-0.4, -0.2) is 28.7 Å². The van der Waals surface area contributed by atoms with E-state index in [1.54, 1.807) is 30.3 Å². The normalized spacial score (nSPS) is 11.3. The molecule has 0 atom stereocenters. The van der Waals surface area contributed by atoms with Crippen molar-refractivity contribution < 1.29 is 23.1 Å². The Morgan fingerprint density at radius 2 is 2.10 bits per heavy atom. The number of aromatic hydroxyl groups is 1. The third-order valence-corrected chi connectivity index (χ3v) is 4.75. The first-order valence-electron chi connectivity index (χ1n) is 8.94. The quantitative estimate of drug-likeness (QED) is 0.353.